The number of H-pyrrole nitrogens is 1. The molecule has 0 saturated heterocycles. The molecule has 4 aromatic rings. The maximum absolute atomic E-state index is 13.5. The molecule has 2 aromatic carbocycles. The molecule has 2 unspecified atom stereocenters. The van der Waals surface area contributed by atoms with Crippen LogP contribution in [0.4, 0.5) is 4.39 Å². The van der Waals surface area contributed by atoms with E-state index in [1.165, 1.54) is 18.3 Å². The minimum Gasteiger partial charge on any atom is -0.503 e. The zero-order valence-corrected chi connectivity index (χ0v) is 18.6. The Morgan fingerprint density at radius 2 is 1.79 bits per heavy atom. The van der Waals surface area contributed by atoms with Gasteiger partial charge in [0.15, 0.2) is 11.6 Å². The lowest BCUT2D eigenvalue weighted by Gasteiger charge is -2.26. The monoisotopic (exact) mass is 484 g/mol. The van der Waals surface area contributed by atoms with E-state index in [4.69, 9.17) is 0 Å². The number of aromatic amines is 1. The van der Waals surface area contributed by atoms with Gasteiger partial charge < -0.3 is 9.67 Å². The third-order valence-electron chi connectivity index (χ3n) is 5.49. The Morgan fingerprint density at radius 1 is 1.09 bits per heavy atom. The Hall–Kier alpha value is -3.83. The van der Waals surface area contributed by atoms with Crippen LogP contribution < -0.4 is 5.43 Å². The topological polar surface area (TPSA) is 138 Å². The first kappa shape index (κ1) is 23.3. The van der Waals surface area contributed by atoms with Crippen molar-refractivity contribution in [1.29, 1.82) is 0 Å². The predicted molar refractivity (Wildman–Crippen MR) is 122 cm³/mol. The van der Waals surface area contributed by atoms with Gasteiger partial charge in [-0.15, -0.1) is 0 Å². The van der Waals surface area contributed by atoms with Gasteiger partial charge in [0, 0.05) is 24.9 Å². The summed E-state index contributed by atoms with van der Waals surface area (Å²) in [7, 11) is -4.62. The third-order valence-corrected chi connectivity index (χ3v) is 6.79. The molecule has 34 heavy (non-hydrogen) atoms. The van der Waals surface area contributed by atoms with Gasteiger partial charge in [0.1, 0.15) is 16.8 Å². The van der Waals surface area contributed by atoms with Crippen LogP contribution in [-0.4, -0.2) is 37.8 Å². The molecular weight excluding hydrogens is 463 g/mol. The van der Waals surface area contributed by atoms with Crippen LogP contribution in [0.1, 0.15) is 16.4 Å². The molecule has 0 aliphatic carbocycles. The normalized spacial score (nSPS) is 13.5. The standard InChI is InChI=1S/C23H21FN4O5S/c24-18-8-6-16(7-9-18)22(34(31,32)33)17(12-15-4-2-1-3-5-15)14-28-11-10-25-23(28)20-21(30)19(29)13-26-27-20/h1-11,13,17,22H,12,14H2,(H,26,30)(H,27,29)(H,31,32,33). The van der Waals surface area contributed by atoms with Gasteiger partial charge in [-0.05, 0) is 29.7 Å². The van der Waals surface area contributed by atoms with Crippen molar-refractivity contribution in [2.45, 2.75) is 18.2 Å². The number of nitrogens with zero attached hydrogens (tertiary/aromatic N) is 3. The summed E-state index contributed by atoms with van der Waals surface area (Å²) in [6.07, 6.45) is 4.16. The zero-order valence-electron chi connectivity index (χ0n) is 17.7. The molecule has 2 atom stereocenters. The Kier molecular flexibility index (Phi) is 6.57. The van der Waals surface area contributed by atoms with Crippen LogP contribution in [0.15, 0.2) is 78.0 Å². The van der Waals surface area contributed by atoms with E-state index in [0.717, 1.165) is 23.9 Å². The second kappa shape index (κ2) is 9.57. The van der Waals surface area contributed by atoms with E-state index in [1.54, 1.807) is 10.8 Å². The zero-order chi connectivity index (χ0) is 24.3. The lowest BCUT2D eigenvalue weighted by Crippen LogP contribution is -2.27. The SMILES string of the molecule is O=c1cn[nH]c(-c2nccn2CC(Cc2ccccc2)C(c2ccc(F)cc2)S(=O)(=O)O)c1O. The van der Waals surface area contributed by atoms with Crippen LogP contribution in [0.5, 0.6) is 5.75 Å². The smallest absolute Gasteiger partial charge is 0.272 e. The van der Waals surface area contributed by atoms with Crippen molar-refractivity contribution < 1.29 is 22.5 Å². The molecule has 0 bridgehead atoms. The van der Waals surface area contributed by atoms with Gasteiger partial charge in [0.05, 0.1) is 6.20 Å². The second-order valence-electron chi connectivity index (χ2n) is 7.80. The highest BCUT2D eigenvalue weighted by molar-refractivity contribution is 7.86. The minimum atomic E-state index is -4.62. The molecule has 0 radical (unpaired) electrons. The minimum absolute atomic E-state index is 0.0267. The van der Waals surface area contributed by atoms with Gasteiger partial charge in [-0.1, -0.05) is 42.5 Å². The lowest BCUT2D eigenvalue weighted by atomic mass is 9.91. The molecule has 2 heterocycles. The Morgan fingerprint density at radius 3 is 2.47 bits per heavy atom. The van der Waals surface area contributed by atoms with Crippen molar-refractivity contribution in [3.63, 3.8) is 0 Å². The summed E-state index contributed by atoms with van der Waals surface area (Å²) in [5, 5.41) is 15.1. The van der Waals surface area contributed by atoms with E-state index >= 15 is 0 Å². The summed E-state index contributed by atoms with van der Waals surface area (Å²) in [5.41, 5.74) is 0.319. The largest absolute Gasteiger partial charge is 0.503 e. The summed E-state index contributed by atoms with van der Waals surface area (Å²) in [5.74, 6) is -1.69. The molecule has 176 valence electrons. The van der Waals surface area contributed by atoms with Crippen molar-refractivity contribution in [3.8, 4) is 17.3 Å². The molecule has 4 rings (SSSR count). The van der Waals surface area contributed by atoms with Crippen molar-refractivity contribution in [3.05, 3.63) is 100 Å². The fraction of sp³-hybridized carbons (Fsp3) is 0.174. The molecule has 9 nitrogen and oxygen atoms in total. The van der Waals surface area contributed by atoms with E-state index in [1.807, 2.05) is 30.3 Å². The van der Waals surface area contributed by atoms with E-state index in [0.29, 0.717) is 0 Å². The van der Waals surface area contributed by atoms with Crippen molar-refractivity contribution in [1.82, 2.24) is 19.7 Å². The van der Waals surface area contributed by atoms with Crippen molar-refractivity contribution in [2.24, 2.45) is 5.92 Å². The summed E-state index contributed by atoms with van der Waals surface area (Å²) < 4.78 is 50.4. The number of halogens is 1. The van der Waals surface area contributed by atoms with E-state index < -0.39 is 38.3 Å². The van der Waals surface area contributed by atoms with Gasteiger partial charge >= 0.3 is 0 Å². The number of hydrogen-bond acceptors (Lipinski definition) is 6. The highest BCUT2D eigenvalue weighted by Crippen LogP contribution is 2.35. The molecule has 11 heteroatoms. The second-order valence-corrected chi connectivity index (χ2v) is 9.34. The van der Waals surface area contributed by atoms with Gasteiger partial charge in [-0.25, -0.2) is 9.37 Å². The van der Waals surface area contributed by atoms with Crippen LogP contribution in [0.2, 0.25) is 0 Å². The average Bonchev–Trinajstić information content (AvgIpc) is 3.25. The number of aromatic nitrogens is 4. The number of nitrogens with one attached hydrogen (secondary N) is 1. The molecule has 0 aliphatic heterocycles. The number of aromatic hydroxyl groups is 1. The predicted octanol–water partition coefficient (Wildman–Crippen LogP) is 2.97. The van der Waals surface area contributed by atoms with E-state index in [-0.39, 0.29) is 30.0 Å². The quantitative estimate of drug-likeness (QED) is 0.327. The van der Waals surface area contributed by atoms with Gasteiger partial charge in [-0.2, -0.15) is 13.5 Å². The molecule has 0 spiro atoms. The van der Waals surface area contributed by atoms with E-state index in [2.05, 4.69) is 15.2 Å². The highest BCUT2D eigenvalue weighted by atomic mass is 32.2. The van der Waals surface area contributed by atoms with Crippen molar-refractivity contribution in [2.75, 3.05) is 0 Å². The van der Waals surface area contributed by atoms with Crippen LogP contribution in [0.25, 0.3) is 11.5 Å². The number of hydrogen-bond donors (Lipinski definition) is 3. The lowest BCUT2D eigenvalue weighted by molar-refractivity contribution is 0.384. The Bertz CT molecular complexity index is 1440. The van der Waals surface area contributed by atoms with Crippen LogP contribution in [-0.2, 0) is 23.1 Å². The first-order valence-corrected chi connectivity index (χ1v) is 11.8. The average molecular weight is 485 g/mol. The van der Waals surface area contributed by atoms with Gasteiger partial charge in [0.2, 0.25) is 5.43 Å². The van der Waals surface area contributed by atoms with Crippen molar-refractivity contribution >= 4 is 10.1 Å². The van der Waals surface area contributed by atoms with Gasteiger partial charge in [0.25, 0.3) is 10.1 Å². The van der Waals surface area contributed by atoms with Crippen LogP contribution >= 0.6 is 0 Å². The van der Waals surface area contributed by atoms with Crippen LogP contribution in [0.3, 0.4) is 0 Å². The third kappa shape index (κ3) is 5.05. The van der Waals surface area contributed by atoms with Crippen LogP contribution in [0, 0.1) is 11.7 Å². The first-order chi connectivity index (χ1) is 16.2. The molecule has 0 amide bonds. The molecule has 0 saturated carbocycles. The molecule has 2 aromatic heterocycles. The maximum atomic E-state index is 13.5. The number of imidazole rings is 1. The van der Waals surface area contributed by atoms with E-state index in [9.17, 15) is 27.3 Å². The summed E-state index contributed by atoms with van der Waals surface area (Å²) >= 11 is 0. The highest BCUT2D eigenvalue weighted by Gasteiger charge is 2.35. The Balaban J connectivity index is 1.80. The summed E-state index contributed by atoms with van der Waals surface area (Å²) in [6.45, 7) is 0.0302. The molecular formula is C23H21FN4O5S. The van der Waals surface area contributed by atoms with Gasteiger partial charge in [-0.3, -0.25) is 14.4 Å². The fourth-order valence-corrected chi connectivity index (χ4v) is 5.18. The number of benzene rings is 2. The summed E-state index contributed by atoms with van der Waals surface area (Å²) in [6, 6.07) is 14.0. The molecule has 0 aliphatic rings. The fourth-order valence-electron chi connectivity index (χ4n) is 4.01. The first-order valence-electron chi connectivity index (χ1n) is 10.3. The maximum Gasteiger partial charge on any atom is 0.272 e. The molecule has 0 fully saturated rings. The number of rotatable bonds is 8. The molecule has 3 N–H and O–H groups in total. The summed E-state index contributed by atoms with van der Waals surface area (Å²) in [4.78, 5) is 16.0. The Labute approximate surface area is 194 Å².